The molecule has 0 aliphatic rings. The highest BCUT2D eigenvalue weighted by Gasteiger charge is 2.07. The van der Waals surface area contributed by atoms with Crippen LogP contribution in [0.3, 0.4) is 0 Å². The Hall–Kier alpha value is -2.36. The van der Waals surface area contributed by atoms with Gasteiger partial charge in [-0.25, -0.2) is 0 Å². The van der Waals surface area contributed by atoms with Crippen molar-refractivity contribution in [3.63, 3.8) is 0 Å². The molecule has 8 heteroatoms. The number of fused-ring (bicyclic) bond motifs is 1. The number of guanidine groups is 1. The van der Waals surface area contributed by atoms with Crippen LogP contribution < -0.4 is 10.1 Å². The van der Waals surface area contributed by atoms with E-state index in [0.717, 1.165) is 55.7 Å². The summed E-state index contributed by atoms with van der Waals surface area (Å²) in [4.78, 5) is 6.83. The van der Waals surface area contributed by atoms with Gasteiger partial charge in [-0.05, 0) is 37.6 Å². The summed E-state index contributed by atoms with van der Waals surface area (Å²) in [7, 11) is 2.03. The number of nitrogens with one attached hydrogen (secondary N) is 1. The Labute approximate surface area is 189 Å². The predicted molar refractivity (Wildman–Crippen MR) is 127 cm³/mol. The first-order valence-electron chi connectivity index (χ1n) is 9.74. The van der Waals surface area contributed by atoms with Crippen LogP contribution in [0, 0.1) is 0 Å². The second kappa shape index (κ2) is 12.3. The Morgan fingerprint density at radius 2 is 1.93 bits per heavy atom. The molecule has 1 aromatic carbocycles. The van der Waals surface area contributed by atoms with Gasteiger partial charge in [0.05, 0.1) is 6.54 Å². The van der Waals surface area contributed by atoms with Gasteiger partial charge in [0.15, 0.2) is 11.6 Å². The van der Waals surface area contributed by atoms with Crippen molar-refractivity contribution in [2.24, 2.45) is 4.99 Å². The van der Waals surface area contributed by atoms with Gasteiger partial charge in [0.25, 0.3) is 0 Å². The summed E-state index contributed by atoms with van der Waals surface area (Å²) in [6.07, 6.45) is 3.76. The monoisotopic (exact) mass is 508 g/mol. The maximum atomic E-state index is 5.78. The van der Waals surface area contributed by atoms with E-state index in [1.165, 1.54) is 0 Å². The average Bonchev–Trinajstić information content (AvgIpc) is 3.14. The van der Waals surface area contributed by atoms with Crippen LogP contribution in [0.25, 0.3) is 5.65 Å². The minimum atomic E-state index is 0. The molecular formula is C21H29IN6O. The van der Waals surface area contributed by atoms with Gasteiger partial charge < -0.3 is 15.0 Å². The zero-order chi connectivity index (χ0) is 19.6. The minimum Gasteiger partial charge on any atom is -0.492 e. The summed E-state index contributed by atoms with van der Waals surface area (Å²) in [5.74, 6) is 2.75. The highest BCUT2D eigenvalue weighted by atomic mass is 127. The van der Waals surface area contributed by atoms with E-state index in [4.69, 9.17) is 9.73 Å². The van der Waals surface area contributed by atoms with E-state index in [1.54, 1.807) is 0 Å². The van der Waals surface area contributed by atoms with Crippen LogP contribution in [-0.4, -0.2) is 58.7 Å². The lowest BCUT2D eigenvalue weighted by Gasteiger charge is -2.22. The minimum absolute atomic E-state index is 0. The number of aryl methyl sites for hydroxylation is 1. The molecule has 0 amide bonds. The Morgan fingerprint density at radius 3 is 2.72 bits per heavy atom. The molecule has 0 saturated heterocycles. The third kappa shape index (κ3) is 6.88. The molecule has 3 rings (SSSR count). The smallest absolute Gasteiger partial charge is 0.193 e. The van der Waals surface area contributed by atoms with Crippen LogP contribution in [0.4, 0.5) is 0 Å². The molecule has 1 N–H and O–H groups in total. The normalized spacial score (nSPS) is 11.2. The van der Waals surface area contributed by atoms with Gasteiger partial charge in [-0.3, -0.25) is 9.39 Å². The number of benzene rings is 1. The van der Waals surface area contributed by atoms with Gasteiger partial charge >= 0.3 is 0 Å². The van der Waals surface area contributed by atoms with Gasteiger partial charge in [-0.1, -0.05) is 24.3 Å². The molecule has 0 aliphatic carbocycles. The van der Waals surface area contributed by atoms with Crippen LogP contribution in [0.15, 0.2) is 59.7 Å². The summed E-state index contributed by atoms with van der Waals surface area (Å²) >= 11 is 0. The van der Waals surface area contributed by atoms with Crippen LogP contribution >= 0.6 is 24.0 Å². The number of hydrogen-bond donors (Lipinski definition) is 1. The van der Waals surface area contributed by atoms with Crippen LogP contribution in [-0.2, 0) is 6.42 Å². The molecule has 0 unspecified atom stereocenters. The van der Waals surface area contributed by atoms with Gasteiger partial charge in [-0.2, -0.15) is 0 Å². The number of aliphatic imine (C=N–C) groups is 1. The Balaban J connectivity index is 0.00000300. The fourth-order valence-corrected chi connectivity index (χ4v) is 2.88. The summed E-state index contributed by atoms with van der Waals surface area (Å²) in [5.41, 5.74) is 0.882. The summed E-state index contributed by atoms with van der Waals surface area (Å²) in [5, 5.41) is 11.8. The van der Waals surface area contributed by atoms with E-state index in [0.29, 0.717) is 6.61 Å². The van der Waals surface area contributed by atoms with Crippen molar-refractivity contribution in [3.05, 3.63) is 60.6 Å². The molecule has 0 bridgehead atoms. The quantitative estimate of drug-likeness (QED) is 0.208. The number of pyridine rings is 1. The number of para-hydroxylation sites is 1. The maximum absolute atomic E-state index is 5.78. The molecule has 7 nitrogen and oxygen atoms in total. The van der Waals surface area contributed by atoms with E-state index >= 15 is 0 Å². The molecule has 2 heterocycles. The molecule has 3 aromatic rings. The summed E-state index contributed by atoms with van der Waals surface area (Å²) < 4.78 is 7.81. The van der Waals surface area contributed by atoms with Gasteiger partial charge in [0.2, 0.25) is 0 Å². The highest BCUT2D eigenvalue weighted by Crippen LogP contribution is 2.08. The Bertz CT molecular complexity index is 883. The highest BCUT2D eigenvalue weighted by molar-refractivity contribution is 14.0. The third-order valence-electron chi connectivity index (χ3n) is 4.34. The average molecular weight is 508 g/mol. The molecular weight excluding hydrogens is 479 g/mol. The molecule has 0 fully saturated rings. The van der Waals surface area contributed by atoms with Gasteiger partial charge in [0, 0.05) is 32.8 Å². The molecule has 0 radical (unpaired) electrons. The number of hydrogen-bond acceptors (Lipinski definition) is 4. The van der Waals surface area contributed by atoms with E-state index < -0.39 is 0 Å². The van der Waals surface area contributed by atoms with Crippen molar-refractivity contribution in [1.29, 1.82) is 0 Å². The Kier molecular flexibility index (Phi) is 9.69. The van der Waals surface area contributed by atoms with Crippen molar-refractivity contribution in [2.45, 2.75) is 19.8 Å². The number of rotatable bonds is 9. The molecule has 0 spiro atoms. The van der Waals surface area contributed by atoms with Crippen molar-refractivity contribution >= 4 is 35.6 Å². The SMILES string of the molecule is CCNC(=NCCCc1nnc2ccccn12)N(C)CCOc1ccccc1.I. The zero-order valence-corrected chi connectivity index (χ0v) is 19.3. The molecule has 156 valence electrons. The fourth-order valence-electron chi connectivity index (χ4n) is 2.88. The lowest BCUT2D eigenvalue weighted by atomic mass is 10.3. The van der Waals surface area contributed by atoms with E-state index in [1.807, 2.05) is 66.2 Å². The summed E-state index contributed by atoms with van der Waals surface area (Å²) in [6.45, 7) is 5.00. The van der Waals surface area contributed by atoms with E-state index in [2.05, 4.69) is 27.3 Å². The van der Waals surface area contributed by atoms with Crippen molar-refractivity contribution in [2.75, 3.05) is 33.3 Å². The topological polar surface area (TPSA) is 67.0 Å². The molecule has 0 atom stereocenters. The standard InChI is InChI=1S/C21H28N6O.HI/c1-3-22-21(26(2)16-17-28-18-10-5-4-6-11-18)23-14-9-13-20-25-24-19-12-7-8-15-27(19)20;/h4-8,10-12,15H,3,9,13-14,16-17H2,1-2H3,(H,22,23);1H. The van der Waals surface area contributed by atoms with Crippen LogP contribution in [0.1, 0.15) is 19.2 Å². The molecule has 2 aromatic heterocycles. The second-order valence-corrected chi connectivity index (χ2v) is 6.47. The number of halogens is 1. The van der Waals surface area contributed by atoms with Crippen molar-refractivity contribution < 1.29 is 4.74 Å². The Morgan fingerprint density at radius 1 is 1.14 bits per heavy atom. The first-order chi connectivity index (χ1) is 13.8. The summed E-state index contributed by atoms with van der Waals surface area (Å²) in [6, 6.07) is 15.8. The first-order valence-corrected chi connectivity index (χ1v) is 9.74. The van der Waals surface area contributed by atoms with Crippen LogP contribution in [0.2, 0.25) is 0 Å². The van der Waals surface area contributed by atoms with Crippen molar-refractivity contribution in [1.82, 2.24) is 24.8 Å². The largest absolute Gasteiger partial charge is 0.492 e. The molecule has 0 saturated carbocycles. The number of ether oxygens (including phenoxy) is 1. The predicted octanol–water partition coefficient (Wildman–Crippen LogP) is 3.26. The van der Waals surface area contributed by atoms with Gasteiger partial charge in [-0.15, -0.1) is 34.2 Å². The second-order valence-electron chi connectivity index (χ2n) is 6.47. The maximum Gasteiger partial charge on any atom is 0.193 e. The van der Waals surface area contributed by atoms with Crippen molar-refractivity contribution in [3.8, 4) is 5.75 Å². The number of nitrogens with zero attached hydrogens (tertiary/aromatic N) is 5. The lowest BCUT2D eigenvalue weighted by molar-refractivity contribution is 0.281. The third-order valence-corrected chi connectivity index (χ3v) is 4.34. The first kappa shape index (κ1) is 22.9. The molecule has 0 aliphatic heterocycles. The van der Waals surface area contributed by atoms with Crippen LogP contribution in [0.5, 0.6) is 5.75 Å². The van der Waals surface area contributed by atoms with E-state index in [9.17, 15) is 0 Å². The van der Waals surface area contributed by atoms with E-state index in [-0.39, 0.29) is 24.0 Å². The number of likely N-dealkylation sites (N-methyl/N-ethyl adjacent to an activating group) is 1. The van der Waals surface area contributed by atoms with Gasteiger partial charge in [0.1, 0.15) is 18.2 Å². The fraction of sp³-hybridized carbons (Fsp3) is 0.381. The lowest BCUT2D eigenvalue weighted by Crippen LogP contribution is -2.41. The molecule has 29 heavy (non-hydrogen) atoms. The zero-order valence-electron chi connectivity index (χ0n) is 17.0. The number of aromatic nitrogens is 3.